The number of nitrogens with one attached hydrogen (secondary N) is 1. The van der Waals surface area contributed by atoms with Gasteiger partial charge in [-0.1, -0.05) is 30.3 Å². The average Bonchev–Trinajstić information content (AvgIpc) is 3.03. The standard InChI is InChI=1S/C18H24N4O2/c1-14(19-13-18(23)22-8-10-24-11-9-22)17-12-16(20-21(17)2)15-6-4-3-5-7-15/h3-7,12,14,19H,8-11,13H2,1-2H3. The van der Waals surface area contributed by atoms with Crippen LogP contribution in [0.25, 0.3) is 11.3 Å². The number of ether oxygens (including phenoxy) is 1. The Kier molecular flexibility index (Phi) is 5.27. The number of morpholine rings is 1. The van der Waals surface area contributed by atoms with Crippen molar-refractivity contribution in [2.75, 3.05) is 32.8 Å². The molecule has 1 aliphatic rings. The quantitative estimate of drug-likeness (QED) is 0.906. The fraction of sp³-hybridized carbons (Fsp3) is 0.444. The van der Waals surface area contributed by atoms with E-state index in [1.165, 1.54) is 0 Å². The number of nitrogens with zero attached hydrogens (tertiary/aromatic N) is 3. The minimum Gasteiger partial charge on any atom is -0.378 e. The van der Waals surface area contributed by atoms with Crippen molar-refractivity contribution in [3.8, 4) is 11.3 Å². The molecule has 1 aromatic heterocycles. The first-order chi connectivity index (χ1) is 11.6. The summed E-state index contributed by atoms with van der Waals surface area (Å²) in [5.74, 6) is 0.121. The van der Waals surface area contributed by atoms with Crippen molar-refractivity contribution >= 4 is 5.91 Å². The first kappa shape index (κ1) is 16.7. The Bertz CT molecular complexity index is 678. The highest BCUT2D eigenvalue weighted by atomic mass is 16.5. The number of benzene rings is 1. The maximum Gasteiger partial charge on any atom is 0.236 e. The van der Waals surface area contributed by atoms with Gasteiger partial charge >= 0.3 is 0 Å². The van der Waals surface area contributed by atoms with Gasteiger partial charge in [0, 0.05) is 31.7 Å². The van der Waals surface area contributed by atoms with Crippen LogP contribution in [-0.2, 0) is 16.6 Å². The third kappa shape index (κ3) is 3.83. The largest absolute Gasteiger partial charge is 0.378 e. The molecule has 1 amide bonds. The number of rotatable bonds is 5. The smallest absolute Gasteiger partial charge is 0.236 e. The van der Waals surface area contributed by atoms with Crippen LogP contribution in [0.3, 0.4) is 0 Å². The van der Waals surface area contributed by atoms with Crippen LogP contribution in [0, 0.1) is 0 Å². The van der Waals surface area contributed by atoms with Gasteiger partial charge in [-0.3, -0.25) is 9.48 Å². The molecular formula is C18H24N4O2. The SMILES string of the molecule is CC(NCC(=O)N1CCOCC1)c1cc(-c2ccccc2)nn1C. The Labute approximate surface area is 142 Å². The molecule has 1 aliphatic heterocycles. The minimum atomic E-state index is 0.0463. The van der Waals surface area contributed by atoms with E-state index < -0.39 is 0 Å². The van der Waals surface area contributed by atoms with Gasteiger partial charge < -0.3 is 15.0 Å². The Balaban J connectivity index is 1.61. The zero-order valence-corrected chi connectivity index (χ0v) is 14.2. The maximum atomic E-state index is 12.2. The lowest BCUT2D eigenvalue weighted by Gasteiger charge is -2.27. The van der Waals surface area contributed by atoms with Crippen LogP contribution < -0.4 is 5.32 Å². The summed E-state index contributed by atoms with van der Waals surface area (Å²) in [6.45, 7) is 5.00. The van der Waals surface area contributed by atoms with Gasteiger partial charge in [0.15, 0.2) is 0 Å². The van der Waals surface area contributed by atoms with Gasteiger partial charge in [0.05, 0.1) is 31.1 Å². The molecule has 0 aliphatic carbocycles. The predicted molar refractivity (Wildman–Crippen MR) is 92.5 cm³/mol. The molecule has 2 heterocycles. The molecule has 0 radical (unpaired) electrons. The van der Waals surface area contributed by atoms with E-state index >= 15 is 0 Å². The summed E-state index contributed by atoms with van der Waals surface area (Å²) in [7, 11) is 1.93. The third-order valence-electron chi connectivity index (χ3n) is 4.35. The van der Waals surface area contributed by atoms with E-state index in [1.54, 1.807) is 0 Å². The molecule has 1 unspecified atom stereocenters. The molecule has 1 N–H and O–H groups in total. The Morgan fingerprint density at radius 2 is 2.00 bits per heavy atom. The lowest BCUT2D eigenvalue weighted by Crippen LogP contribution is -2.45. The molecule has 3 rings (SSSR count). The highest BCUT2D eigenvalue weighted by Crippen LogP contribution is 2.21. The number of carbonyl (C=O) groups excluding carboxylic acids is 1. The number of aryl methyl sites for hydroxylation is 1. The van der Waals surface area contributed by atoms with Crippen LogP contribution >= 0.6 is 0 Å². The summed E-state index contributed by atoms with van der Waals surface area (Å²) in [6.07, 6.45) is 0. The van der Waals surface area contributed by atoms with Gasteiger partial charge in [0.1, 0.15) is 0 Å². The number of aromatic nitrogens is 2. The number of hydrogen-bond acceptors (Lipinski definition) is 4. The van der Waals surface area contributed by atoms with Crippen molar-refractivity contribution in [3.05, 3.63) is 42.1 Å². The Hall–Kier alpha value is -2.18. The average molecular weight is 328 g/mol. The lowest BCUT2D eigenvalue weighted by atomic mass is 10.1. The van der Waals surface area contributed by atoms with E-state index in [0.29, 0.717) is 32.8 Å². The van der Waals surface area contributed by atoms with Gasteiger partial charge in [0.2, 0.25) is 5.91 Å². The summed E-state index contributed by atoms with van der Waals surface area (Å²) >= 11 is 0. The molecule has 1 atom stereocenters. The number of amides is 1. The van der Waals surface area contributed by atoms with Crippen molar-refractivity contribution < 1.29 is 9.53 Å². The maximum absolute atomic E-state index is 12.2. The molecule has 0 spiro atoms. The van der Waals surface area contributed by atoms with Crippen molar-refractivity contribution in [3.63, 3.8) is 0 Å². The van der Waals surface area contributed by atoms with Crippen LogP contribution in [0.1, 0.15) is 18.7 Å². The summed E-state index contributed by atoms with van der Waals surface area (Å²) in [4.78, 5) is 14.1. The van der Waals surface area contributed by atoms with Crippen LogP contribution in [0.15, 0.2) is 36.4 Å². The fourth-order valence-corrected chi connectivity index (χ4v) is 2.91. The molecule has 6 nitrogen and oxygen atoms in total. The van der Waals surface area contributed by atoms with Crippen molar-refractivity contribution in [1.29, 1.82) is 0 Å². The predicted octanol–water partition coefficient (Wildman–Crippen LogP) is 1.60. The lowest BCUT2D eigenvalue weighted by molar-refractivity contribution is -0.134. The molecule has 1 aromatic carbocycles. The van der Waals surface area contributed by atoms with Crippen molar-refractivity contribution in [2.24, 2.45) is 7.05 Å². The Morgan fingerprint density at radius 1 is 1.29 bits per heavy atom. The van der Waals surface area contributed by atoms with E-state index in [4.69, 9.17) is 4.74 Å². The summed E-state index contributed by atoms with van der Waals surface area (Å²) in [6, 6.07) is 12.2. The monoisotopic (exact) mass is 328 g/mol. The van der Waals surface area contributed by atoms with Crippen molar-refractivity contribution in [2.45, 2.75) is 13.0 Å². The second-order valence-electron chi connectivity index (χ2n) is 6.04. The van der Waals surface area contributed by atoms with E-state index in [2.05, 4.69) is 23.4 Å². The van der Waals surface area contributed by atoms with E-state index in [-0.39, 0.29) is 11.9 Å². The van der Waals surface area contributed by atoms with Gasteiger partial charge in [-0.2, -0.15) is 5.10 Å². The van der Waals surface area contributed by atoms with E-state index in [9.17, 15) is 4.79 Å². The van der Waals surface area contributed by atoms with Gasteiger partial charge in [-0.15, -0.1) is 0 Å². The van der Waals surface area contributed by atoms with Crippen LogP contribution in [0.5, 0.6) is 0 Å². The molecule has 6 heteroatoms. The molecule has 1 fully saturated rings. The normalized spacial score (nSPS) is 16.2. The van der Waals surface area contributed by atoms with Gasteiger partial charge in [-0.25, -0.2) is 0 Å². The van der Waals surface area contributed by atoms with Crippen molar-refractivity contribution in [1.82, 2.24) is 20.0 Å². The van der Waals surface area contributed by atoms with Crippen LogP contribution in [0.4, 0.5) is 0 Å². The number of carbonyl (C=O) groups is 1. The zero-order valence-electron chi connectivity index (χ0n) is 14.2. The first-order valence-electron chi connectivity index (χ1n) is 8.33. The van der Waals surface area contributed by atoms with Gasteiger partial charge in [-0.05, 0) is 13.0 Å². The molecule has 2 aromatic rings. The molecule has 0 bridgehead atoms. The first-order valence-corrected chi connectivity index (χ1v) is 8.33. The molecule has 0 saturated carbocycles. The number of hydrogen-bond donors (Lipinski definition) is 1. The van der Waals surface area contributed by atoms with E-state index in [0.717, 1.165) is 17.0 Å². The summed E-state index contributed by atoms with van der Waals surface area (Å²) in [5.41, 5.74) is 3.10. The molecule has 1 saturated heterocycles. The molecule has 24 heavy (non-hydrogen) atoms. The van der Waals surface area contributed by atoms with E-state index in [1.807, 2.05) is 47.0 Å². The third-order valence-corrected chi connectivity index (χ3v) is 4.35. The van der Waals surface area contributed by atoms with Crippen LogP contribution in [-0.4, -0.2) is 53.4 Å². The molecule has 128 valence electrons. The highest BCUT2D eigenvalue weighted by molar-refractivity contribution is 5.78. The summed E-state index contributed by atoms with van der Waals surface area (Å²) in [5, 5.41) is 7.89. The fourth-order valence-electron chi connectivity index (χ4n) is 2.91. The zero-order chi connectivity index (χ0) is 16.9. The van der Waals surface area contributed by atoms with Gasteiger partial charge in [0.25, 0.3) is 0 Å². The summed E-state index contributed by atoms with van der Waals surface area (Å²) < 4.78 is 7.15. The second-order valence-corrected chi connectivity index (χ2v) is 6.04. The minimum absolute atomic E-state index is 0.0463. The molecular weight excluding hydrogens is 304 g/mol. The topological polar surface area (TPSA) is 59.4 Å². The Morgan fingerprint density at radius 3 is 2.71 bits per heavy atom. The van der Waals surface area contributed by atoms with Crippen LogP contribution in [0.2, 0.25) is 0 Å². The second kappa shape index (κ2) is 7.59. The highest BCUT2D eigenvalue weighted by Gasteiger charge is 2.19.